The van der Waals surface area contributed by atoms with E-state index in [9.17, 15) is 4.39 Å². The standard InChI is InChI=1S/C14H19FN2/c15-13-5-12(7-17-8-13)14(16)6-11-4-9-1-2-10(11)3-9/h5,7-11,14H,1-4,6,16H2. The molecule has 3 rings (SSSR count). The molecule has 4 atom stereocenters. The number of rotatable bonds is 3. The predicted octanol–water partition coefficient (Wildman–Crippen LogP) is 3.05. The van der Waals surface area contributed by atoms with Gasteiger partial charge in [-0.3, -0.25) is 4.98 Å². The number of halogens is 1. The molecule has 0 amide bonds. The molecule has 92 valence electrons. The maximum Gasteiger partial charge on any atom is 0.141 e. The average molecular weight is 234 g/mol. The zero-order valence-electron chi connectivity index (χ0n) is 9.98. The molecule has 0 aromatic carbocycles. The van der Waals surface area contributed by atoms with Crippen LogP contribution < -0.4 is 5.73 Å². The van der Waals surface area contributed by atoms with Crippen molar-refractivity contribution in [2.24, 2.45) is 23.5 Å². The number of pyridine rings is 1. The summed E-state index contributed by atoms with van der Waals surface area (Å²) >= 11 is 0. The van der Waals surface area contributed by atoms with Crippen LogP contribution in [0.25, 0.3) is 0 Å². The molecule has 0 spiro atoms. The molecule has 2 nitrogen and oxygen atoms in total. The summed E-state index contributed by atoms with van der Waals surface area (Å²) in [4.78, 5) is 3.87. The highest BCUT2D eigenvalue weighted by Gasteiger charge is 2.39. The SMILES string of the molecule is NC(CC1CC2CCC1C2)c1cncc(F)c1. The summed E-state index contributed by atoms with van der Waals surface area (Å²) < 4.78 is 13.1. The zero-order valence-corrected chi connectivity index (χ0v) is 9.98. The maximum atomic E-state index is 13.1. The summed E-state index contributed by atoms with van der Waals surface area (Å²) in [5, 5.41) is 0. The Morgan fingerprint density at radius 1 is 1.35 bits per heavy atom. The van der Waals surface area contributed by atoms with Gasteiger partial charge in [0, 0.05) is 12.2 Å². The van der Waals surface area contributed by atoms with Gasteiger partial charge in [0.15, 0.2) is 0 Å². The van der Waals surface area contributed by atoms with Crippen molar-refractivity contribution in [2.75, 3.05) is 0 Å². The van der Waals surface area contributed by atoms with Crippen molar-refractivity contribution >= 4 is 0 Å². The lowest BCUT2D eigenvalue weighted by Gasteiger charge is -2.24. The number of nitrogens with zero attached hydrogens (tertiary/aromatic N) is 1. The fraction of sp³-hybridized carbons (Fsp3) is 0.643. The third-order valence-electron chi connectivity index (χ3n) is 4.60. The molecule has 3 heteroatoms. The van der Waals surface area contributed by atoms with Gasteiger partial charge in [-0.1, -0.05) is 6.42 Å². The van der Waals surface area contributed by atoms with E-state index in [0.29, 0.717) is 0 Å². The van der Waals surface area contributed by atoms with Gasteiger partial charge in [0.2, 0.25) is 0 Å². The lowest BCUT2D eigenvalue weighted by molar-refractivity contribution is 0.296. The zero-order chi connectivity index (χ0) is 11.8. The average Bonchev–Trinajstić information content (AvgIpc) is 2.91. The normalized spacial score (nSPS) is 32.9. The van der Waals surface area contributed by atoms with E-state index in [1.807, 2.05) is 0 Å². The fourth-order valence-electron chi connectivity index (χ4n) is 3.76. The molecule has 2 fully saturated rings. The van der Waals surface area contributed by atoms with Crippen molar-refractivity contribution in [3.05, 3.63) is 29.8 Å². The molecule has 1 aromatic heterocycles. The van der Waals surface area contributed by atoms with Crippen LogP contribution in [0.4, 0.5) is 4.39 Å². The minimum atomic E-state index is -0.286. The van der Waals surface area contributed by atoms with E-state index in [4.69, 9.17) is 5.73 Å². The Labute approximate surface area is 101 Å². The first-order chi connectivity index (χ1) is 8.22. The van der Waals surface area contributed by atoms with Crippen molar-refractivity contribution in [3.63, 3.8) is 0 Å². The second-order valence-corrected chi connectivity index (χ2v) is 5.71. The van der Waals surface area contributed by atoms with Gasteiger partial charge in [-0.05, 0) is 55.1 Å². The van der Waals surface area contributed by atoms with Gasteiger partial charge in [0.1, 0.15) is 5.82 Å². The second kappa shape index (κ2) is 4.37. The Morgan fingerprint density at radius 3 is 2.88 bits per heavy atom. The minimum Gasteiger partial charge on any atom is -0.324 e. The molecule has 2 N–H and O–H groups in total. The Morgan fingerprint density at radius 2 is 2.24 bits per heavy atom. The highest BCUT2D eigenvalue weighted by atomic mass is 19.1. The van der Waals surface area contributed by atoms with Crippen LogP contribution in [0.5, 0.6) is 0 Å². The van der Waals surface area contributed by atoms with Crippen LogP contribution >= 0.6 is 0 Å². The van der Waals surface area contributed by atoms with E-state index in [-0.39, 0.29) is 11.9 Å². The fourth-order valence-corrected chi connectivity index (χ4v) is 3.76. The van der Waals surface area contributed by atoms with E-state index >= 15 is 0 Å². The summed E-state index contributed by atoms with van der Waals surface area (Å²) in [5.74, 6) is 2.30. The number of hydrogen-bond acceptors (Lipinski definition) is 2. The van der Waals surface area contributed by atoms with Crippen LogP contribution in [0.3, 0.4) is 0 Å². The Bertz CT molecular complexity index is 407. The van der Waals surface area contributed by atoms with Gasteiger partial charge in [-0.15, -0.1) is 0 Å². The first kappa shape index (κ1) is 11.1. The summed E-state index contributed by atoms with van der Waals surface area (Å²) in [6.45, 7) is 0. The number of nitrogens with two attached hydrogens (primary N) is 1. The second-order valence-electron chi connectivity index (χ2n) is 5.71. The van der Waals surface area contributed by atoms with E-state index < -0.39 is 0 Å². The summed E-state index contributed by atoms with van der Waals surface area (Å²) in [5.41, 5.74) is 7.01. The van der Waals surface area contributed by atoms with Crippen molar-refractivity contribution in [2.45, 2.75) is 38.1 Å². The Kier molecular flexibility index (Phi) is 2.87. The molecule has 0 aliphatic heterocycles. The Hall–Kier alpha value is -0.960. The van der Waals surface area contributed by atoms with Gasteiger partial charge in [0.05, 0.1) is 6.20 Å². The summed E-state index contributed by atoms with van der Waals surface area (Å²) in [7, 11) is 0. The molecule has 2 saturated carbocycles. The summed E-state index contributed by atoms with van der Waals surface area (Å²) in [6.07, 6.45) is 9.45. The number of fused-ring (bicyclic) bond motifs is 2. The molecule has 2 aliphatic rings. The quantitative estimate of drug-likeness (QED) is 0.873. The maximum absolute atomic E-state index is 13.1. The highest BCUT2D eigenvalue weighted by molar-refractivity contribution is 5.15. The Balaban J connectivity index is 1.65. The summed E-state index contributed by atoms with van der Waals surface area (Å²) in [6, 6.07) is 1.47. The largest absolute Gasteiger partial charge is 0.324 e. The topological polar surface area (TPSA) is 38.9 Å². The molecule has 0 saturated heterocycles. The molecular formula is C14H19FN2. The van der Waals surface area contributed by atoms with Crippen molar-refractivity contribution in [1.29, 1.82) is 0 Å². The molecular weight excluding hydrogens is 215 g/mol. The molecule has 4 unspecified atom stereocenters. The van der Waals surface area contributed by atoms with Crippen molar-refractivity contribution in [1.82, 2.24) is 4.98 Å². The predicted molar refractivity (Wildman–Crippen MR) is 64.7 cm³/mol. The van der Waals surface area contributed by atoms with Crippen LogP contribution in [0.2, 0.25) is 0 Å². The smallest absolute Gasteiger partial charge is 0.141 e. The molecule has 1 aromatic rings. The third-order valence-corrected chi connectivity index (χ3v) is 4.60. The lowest BCUT2D eigenvalue weighted by atomic mass is 9.83. The van der Waals surface area contributed by atoms with Gasteiger partial charge >= 0.3 is 0 Å². The van der Waals surface area contributed by atoms with Gasteiger partial charge in [-0.25, -0.2) is 4.39 Å². The van der Waals surface area contributed by atoms with E-state index in [1.165, 1.54) is 37.9 Å². The molecule has 2 aliphatic carbocycles. The van der Waals surface area contributed by atoms with Crippen LogP contribution in [-0.4, -0.2) is 4.98 Å². The van der Waals surface area contributed by atoms with E-state index in [2.05, 4.69) is 4.98 Å². The number of aromatic nitrogens is 1. The number of hydrogen-bond donors (Lipinski definition) is 1. The van der Waals surface area contributed by atoms with Crippen LogP contribution in [0.1, 0.15) is 43.7 Å². The van der Waals surface area contributed by atoms with Crippen LogP contribution in [0, 0.1) is 23.6 Å². The van der Waals surface area contributed by atoms with Crippen LogP contribution in [0.15, 0.2) is 18.5 Å². The first-order valence-electron chi connectivity index (χ1n) is 6.58. The van der Waals surface area contributed by atoms with Crippen molar-refractivity contribution in [3.8, 4) is 0 Å². The lowest BCUT2D eigenvalue weighted by Crippen LogP contribution is -2.19. The molecule has 2 bridgehead atoms. The molecule has 0 radical (unpaired) electrons. The molecule has 1 heterocycles. The third kappa shape index (κ3) is 2.21. The first-order valence-corrected chi connectivity index (χ1v) is 6.58. The molecule has 17 heavy (non-hydrogen) atoms. The van der Waals surface area contributed by atoms with Crippen molar-refractivity contribution < 1.29 is 4.39 Å². The monoisotopic (exact) mass is 234 g/mol. The minimum absolute atomic E-state index is 0.0532. The van der Waals surface area contributed by atoms with Gasteiger partial charge in [0.25, 0.3) is 0 Å². The highest BCUT2D eigenvalue weighted by Crippen LogP contribution is 2.50. The van der Waals surface area contributed by atoms with E-state index in [0.717, 1.165) is 29.7 Å². The van der Waals surface area contributed by atoms with E-state index in [1.54, 1.807) is 6.20 Å². The van der Waals surface area contributed by atoms with Gasteiger partial charge < -0.3 is 5.73 Å². The van der Waals surface area contributed by atoms with Gasteiger partial charge in [-0.2, -0.15) is 0 Å². The van der Waals surface area contributed by atoms with Crippen LogP contribution in [-0.2, 0) is 0 Å².